The standard InChI is InChI=1S/C29H21PS/c31-30-28(24-17-9-3-10-18-24)26(22-13-5-1-6-14-22)21-27(23-15-7-2-8-16-23)29(30)25-19-11-4-12-20-25/h1-21H. The molecule has 31 heavy (non-hydrogen) atoms. The largest absolute Gasteiger partial charge is 0.486 e. The Morgan fingerprint density at radius 2 is 0.677 bits per heavy atom. The predicted molar refractivity (Wildman–Crippen MR) is 138 cm³/mol. The second-order valence-corrected chi connectivity index (χ2v) is 10.0. The Morgan fingerprint density at radius 1 is 0.387 bits per heavy atom. The molecular weight excluding hydrogens is 411 g/mol. The summed E-state index contributed by atoms with van der Waals surface area (Å²) in [4.78, 5) is 0. The Balaban J connectivity index is 1.91. The van der Waals surface area contributed by atoms with Gasteiger partial charge in [-0.2, -0.15) is 0 Å². The fourth-order valence-electron chi connectivity index (χ4n) is 4.02. The molecule has 0 N–H and O–H groups in total. The molecule has 5 aromatic rings. The van der Waals surface area contributed by atoms with Gasteiger partial charge in [-0.1, -0.05) is 121 Å². The van der Waals surface area contributed by atoms with Crippen LogP contribution in [0.1, 0.15) is 0 Å². The van der Waals surface area contributed by atoms with Crippen LogP contribution in [-0.2, 0) is 12.2 Å². The lowest BCUT2D eigenvalue weighted by molar-refractivity contribution is 1.60. The summed E-state index contributed by atoms with van der Waals surface area (Å²) in [6, 6.07) is 44.9. The Kier molecular flexibility index (Phi) is 5.71. The molecule has 0 aliphatic heterocycles. The molecule has 0 aliphatic carbocycles. The topological polar surface area (TPSA) is 0 Å². The van der Waals surface area contributed by atoms with Gasteiger partial charge >= 0.3 is 0 Å². The molecule has 0 saturated carbocycles. The third-order valence-corrected chi connectivity index (χ3v) is 8.38. The van der Waals surface area contributed by atoms with Crippen molar-refractivity contribution in [1.29, 1.82) is 0 Å². The SMILES string of the molecule is [S-][p+]1c(-c2ccccc2)c(-c2ccccc2)cc(-c2ccccc2)c1-c1ccccc1. The molecule has 0 spiro atoms. The summed E-state index contributed by atoms with van der Waals surface area (Å²) in [6.07, 6.45) is 0. The molecule has 5 rings (SSSR count). The van der Waals surface area contributed by atoms with Crippen molar-refractivity contribution in [3.8, 4) is 44.0 Å². The van der Waals surface area contributed by atoms with Crippen molar-refractivity contribution in [2.45, 2.75) is 0 Å². The molecule has 4 aromatic carbocycles. The van der Waals surface area contributed by atoms with E-state index >= 15 is 0 Å². The lowest BCUT2D eigenvalue weighted by Gasteiger charge is -2.18. The van der Waals surface area contributed by atoms with Crippen molar-refractivity contribution in [2.75, 3.05) is 0 Å². The molecule has 148 valence electrons. The van der Waals surface area contributed by atoms with Crippen molar-refractivity contribution in [3.05, 3.63) is 127 Å². The number of rotatable bonds is 4. The van der Waals surface area contributed by atoms with Gasteiger partial charge in [0.2, 0.25) is 0 Å². The van der Waals surface area contributed by atoms with Gasteiger partial charge in [0.15, 0.2) is 0 Å². The van der Waals surface area contributed by atoms with E-state index in [-0.39, 0.29) is 0 Å². The minimum Gasteiger partial charge on any atom is -0.486 e. The first-order chi connectivity index (χ1) is 15.3. The molecule has 0 radical (unpaired) electrons. The second-order valence-electron chi connectivity index (χ2n) is 7.43. The van der Waals surface area contributed by atoms with Crippen LogP contribution in [0.2, 0.25) is 0 Å². The van der Waals surface area contributed by atoms with E-state index < -0.39 is 6.74 Å². The van der Waals surface area contributed by atoms with E-state index in [1.165, 1.54) is 44.0 Å². The summed E-state index contributed by atoms with van der Waals surface area (Å²) < 4.78 is 0. The van der Waals surface area contributed by atoms with Crippen LogP contribution in [-0.4, -0.2) is 0 Å². The van der Waals surface area contributed by atoms with Gasteiger partial charge in [0.05, 0.1) is 0 Å². The van der Waals surface area contributed by atoms with Gasteiger partial charge in [0.1, 0.15) is 10.6 Å². The molecule has 0 saturated heterocycles. The Hall–Kier alpha value is -3.12. The van der Waals surface area contributed by atoms with E-state index in [0.717, 1.165) is 0 Å². The van der Waals surface area contributed by atoms with E-state index in [1.807, 2.05) is 0 Å². The molecule has 2 heteroatoms. The molecule has 1 heterocycles. The first kappa shape index (κ1) is 19.8. The highest BCUT2D eigenvalue weighted by atomic mass is 32.7. The first-order valence-corrected chi connectivity index (χ1v) is 12.7. The summed E-state index contributed by atoms with van der Waals surface area (Å²) in [7, 11) is 0. The molecular formula is C29H21PS. The number of hydrogen-bond acceptors (Lipinski definition) is 1. The zero-order valence-corrected chi connectivity index (χ0v) is 18.7. The first-order valence-electron chi connectivity index (χ1n) is 10.3. The van der Waals surface area contributed by atoms with Crippen LogP contribution in [0.5, 0.6) is 0 Å². The summed E-state index contributed by atoms with van der Waals surface area (Å²) in [5.41, 5.74) is 7.29. The molecule has 0 aliphatic rings. The van der Waals surface area contributed by atoms with E-state index in [2.05, 4.69) is 127 Å². The Labute approximate surface area is 190 Å². The second kappa shape index (κ2) is 8.94. The maximum atomic E-state index is 6.38. The van der Waals surface area contributed by atoms with Crippen LogP contribution in [0, 0.1) is 0 Å². The van der Waals surface area contributed by atoms with Gasteiger partial charge in [-0.15, -0.1) is 0 Å². The Bertz CT molecular complexity index is 1200. The van der Waals surface area contributed by atoms with Crippen molar-refractivity contribution in [3.63, 3.8) is 0 Å². The minimum absolute atomic E-state index is 0.986. The molecule has 0 bridgehead atoms. The zero-order valence-electron chi connectivity index (χ0n) is 17.0. The van der Waals surface area contributed by atoms with Crippen LogP contribution >= 0.6 is 6.74 Å². The maximum absolute atomic E-state index is 6.38. The lowest BCUT2D eigenvalue weighted by Crippen LogP contribution is -1.91. The smallest absolute Gasteiger partial charge is 0.141 e. The molecule has 1 aromatic heterocycles. The third kappa shape index (κ3) is 3.95. The summed E-state index contributed by atoms with van der Waals surface area (Å²) in [5, 5.41) is 2.52. The fourth-order valence-corrected chi connectivity index (χ4v) is 7.06. The predicted octanol–water partition coefficient (Wildman–Crippen LogP) is 8.93. The molecule has 0 amide bonds. The van der Waals surface area contributed by atoms with E-state index in [0.29, 0.717) is 0 Å². The number of benzene rings is 4. The van der Waals surface area contributed by atoms with E-state index in [1.54, 1.807) is 0 Å². The maximum Gasteiger partial charge on any atom is 0.141 e. The van der Waals surface area contributed by atoms with Gasteiger partial charge in [0.25, 0.3) is 0 Å². The van der Waals surface area contributed by atoms with Crippen LogP contribution in [0.25, 0.3) is 44.0 Å². The van der Waals surface area contributed by atoms with Crippen molar-refractivity contribution < 1.29 is 0 Å². The number of hydrogen-bond donors (Lipinski definition) is 0. The normalized spacial score (nSPS) is 10.7. The van der Waals surface area contributed by atoms with Gasteiger partial charge in [-0.05, 0) is 17.2 Å². The molecule has 0 unspecified atom stereocenters. The van der Waals surface area contributed by atoms with Gasteiger partial charge in [-0.25, -0.2) is 0 Å². The van der Waals surface area contributed by atoms with Gasteiger partial charge in [-0.3, -0.25) is 0 Å². The van der Waals surface area contributed by atoms with E-state index in [9.17, 15) is 0 Å². The van der Waals surface area contributed by atoms with Gasteiger partial charge < -0.3 is 12.2 Å². The summed E-state index contributed by atoms with van der Waals surface area (Å²) in [6.45, 7) is -0.986. The third-order valence-electron chi connectivity index (χ3n) is 5.47. The zero-order chi connectivity index (χ0) is 21.0. The quantitative estimate of drug-likeness (QED) is 0.255. The van der Waals surface area contributed by atoms with Crippen LogP contribution in [0.15, 0.2) is 127 Å². The fraction of sp³-hybridized carbons (Fsp3) is 0. The monoisotopic (exact) mass is 432 g/mol. The van der Waals surface area contributed by atoms with Gasteiger partial charge in [0, 0.05) is 29.0 Å². The molecule has 0 atom stereocenters. The summed E-state index contributed by atoms with van der Waals surface area (Å²) >= 11 is 6.38. The average molecular weight is 433 g/mol. The molecule has 0 fully saturated rings. The highest BCUT2D eigenvalue weighted by Gasteiger charge is 2.24. The average Bonchev–Trinajstić information content (AvgIpc) is 2.85. The lowest BCUT2D eigenvalue weighted by atomic mass is 9.96. The van der Waals surface area contributed by atoms with Crippen molar-refractivity contribution in [1.82, 2.24) is 0 Å². The Morgan fingerprint density at radius 3 is 1.00 bits per heavy atom. The van der Waals surface area contributed by atoms with Crippen LogP contribution < -0.4 is 0 Å². The van der Waals surface area contributed by atoms with E-state index in [4.69, 9.17) is 12.2 Å². The summed E-state index contributed by atoms with van der Waals surface area (Å²) in [5.74, 6) is 0. The molecule has 0 nitrogen and oxygen atoms in total. The van der Waals surface area contributed by atoms with Crippen LogP contribution in [0.3, 0.4) is 0 Å². The minimum atomic E-state index is -0.986. The highest BCUT2D eigenvalue weighted by molar-refractivity contribution is 8.31. The highest BCUT2D eigenvalue weighted by Crippen LogP contribution is 2.55. The van der Waals surface area contributed by atoms with Crippen molar-refractivity contribution in [2.24, 2.45) is 0 Å². The van der Waals surface area contributed by atoms with Crippen molar-refractivity contribution >= 4 is 19.0 Å². The van der Waals surface area contributed by atoms with Crippen LogP contribution in [0.4, 0.5) is 0 Å².